The zero-order valence-electron chi connectivity index (χ0n) is 17.0. The first-order valence-electron chi connectivity index (χ1n) is 10.1. The van der Waals surface area contributed by atoms with Crippen molar-refractivity contribution < 1.29 is 18.0 Å². The Hall–Kier alpha value is -3.64. The molecule has 0 spiro atoms. The number of nitrogens with one attached hydrogen (secondary N) is 1. The summed E-state index contributed by atoms with van der Waals surface area (Å²) < 4.78 is 24.3. The van der Waals surface area contributed by atoms with Gasteiger partial charge in [-0.15, -0.1) is 0 Å². The lowest BCUT2D eigenvalue weighted by atomic mass is 10.1. The molecule has 1 amide bonds. The highest BCUT2D eigenvalue weighted by Gasteiger charge is 2.15. The average molecular weight is 418 g/mol. The summed E-state index contributed by atoms with van der Waals surface area (Å²) in [6, 6.07) is 23.6. The predicted molar refractivity (Wildman–Crippen MR) is 114 cm³/mol. The number of nitrogens with zero attached hydrogens (tertiary/aromatic N) is 1. The predicted octanol–water partition coefficient (Wildman–Crippen LogP) is 5.14. The van der Waals surface area contributed by atoms with E-state index in [0.717, 1.165) is 11.1 Å². The van der Waals surface area contributed by atoms with Crippen molar-refractivity contribution in [3.63, 3.8) is 0 Å². The highest BCUT2D eigenvalue weighted by Crippen LogP contribution is 2.17. The third-order valence-corrected chi connectivity index (χ3v) is 4.84. The first-order valence-corrected chi connectivity index (χ1v) is 10.1. The molecule has 0 aliphatic heterocycles. The molecule has 0 unspecified atom stereocenters. The van der Waals surface area contributed by atoms with Crippen LogP contribution in [0.1, 0.15) is 33.2 Å². The number of furan rings is 2. The van der Waals surface area contributed by atoms with Gasteiger partial charge < -0.3 is 14.2 Å². The molecule has 0 atom stereocenters. The van der Waals surface area contributed by atoms with Crippen molar-refractivity contribution in [2.24, 2.45) is 0 Å². The van der Waals surface area contributed by atoms with Gasteiger partial charge in [-0.25, -0.2) is 4.39 Å². The third-order valence-electron chi connectivity index (χ3n) is 4.84. The largest absolute Gasteiger partial charge is 0.467 e. The molecule has 2 aromatic carbocycles. The van der Waals surface area contributed by atoms with Gasteiger partial charge in [-0.1, -0.05) is 42.5 Å². The Bertz CT molecular complexity index is 1090. The third kappa shape index (κ3) is 5.93. The second kappa shape index (κ2) is 9.91. The van der Waals surface area contributed by atoms with Gasteiger partial charge in [-0.05, 0) is 47.5 Å². The number of carbonyl (C=O) groups is 1. The molecular weight excluding hydrogens is 395 g/mol. The molecule has 4 rings (SSSR count). The minimum atomic E-state index is -0.296. The standard InChI is InChI=1S/C25H23FN2O3/c26-21-10-8-20(9-11-21)17-28(16-19-5-2-1-3-6-19)18-23-12-13-24(31-23)25(29)27-15-22-7-4-14-30-22/h1-14H,15-18H2,(H,27,29). The highest BCUT2D eigenvalue weighted by atomic mass is 19.1. The maximum atomic E-state index is 13.3. The molecule has 31 heavy (non-hydrogen) atoms. The lowest BCUT2D eigenvalue weighted by Crippen LogP contribution is -2.23. The molecule has 0 radical (unpaired) electrons. The number of rotatable bonds is 9. The summed E-state index contributed by atoms with van der Waals surface area (Å²) in [4.78, 5) is 14.5. The molecule has 2 heterocycles. The summed E-state index contributed by atoms with van der Waals surface area (Å²) in [6.07, 6.45) is 1.56. The molecule has 2 aromatic heterocycles. The van der Waals surface area contributed by atoms with Crippen LogP contribution in [0, 0.1) is 5.82 Å². The van der Waals surface area contributed by atoms with Crippen LogP contribution in [-0.2, 0) is 26.2 Å². The van der Waals surface area contributed by atoms with Gasteiger partial charge in [0, 0.05) is 13.1 Å². The molecule has 6 heteroatoms. The molecular formula is C25H23FN2O3. The van der Waals surface area contributed by atoms with Gasteiger partial charge >= 0.3 is 0 Å². The second-order valence-corrected chi connectivity index (χ2v) is 7.29. The molecule has 0 saturated carbocycles. The second-order valence-electron chi connectivity index (χ2n) is 7.29. The topological polar surface area (TPSA) is 58.6 Å². The van der Waals surface area contributed by atoms with E-state index >= 15 is 0 Å². The maximum absolute atomic E-state index is 13.3. The molecule has 4 aromatic rings. The number of hydrogen-bond donors (Lipinski definition) is 1. The van der Waals surface area contributed by atoms with E-state index in [0.29, 0.717) is 37.7 Å². The van der Waals surface area contributed by atoms with Crippen LogP contribution in [0.15, 0.2) is 94.0 Å². The number of halogens is 1. The molecule has 0 aliphatic carbocycles. The van der Waals surface area contributed by atoms with Crippen LogP contribution < -0.4 is 5.32 Å². The lowest BCUT2D eigenvalue weighted by molar-refractivity contribution is 0.0915. The average Bonchev–Trinajstić information content (AvgIpc) is 3.47. The van der Waals surface area contributed by atoms with E-state index in [1.807, 2.05) is 24.3 Å². The monoisotopic (exact) mass is 418 g/mol. The molecule has 1 N–H and O–H groups in total. The molecule has 158 valence electrons. The minimum Gasteiger partial charge on any atom is -0.467 e. The number of benzene rings is 2. The fourth-order valence-corrected chi connectivity index (χ4v) is 3.33. The lowest BCUT2D eigenvalue weighted by Gasteiger charge is -2.21. The van der Waals surface area contributed by atoms with E-state index in [-0.39, 0.29) is 17.5 Å². The summed E-state index contributed by atoms with van der Waals surface area (Å²) in [6.45, 7) is 2.12. The van der Waals surface area contributed by atoms with E-state index < -0.39 is 0 Å². The van der Waals surface area contributed by atoms with Crippen LogP contribution in [0.2, 0.25) is 0 Å². The van der Waals surface area contributed by atoms with E-state index in [2.05, 4.69) is 22.3 Å². The minimum absolute atomic E-state index is 0.253. The van der Waals surface area contributed by atoms with Gasteiger partial charge in [0.05, 0.1) is 19.4 Å². The Kier molecular flexibility index (Phi) is 6.59. The number of hydrogen-bond acceptors (Lipinski definition) is 4. The van der Waals surface area contributed by atoms with E-state index in [1.54, 1.807) is 36.6 Å². The summed E-state index contributed by atoms with van der Waals surface area (Å²) in [5, 5.41) is 2.78. The Morgan fingerprint density at radius 1 is 0.806 bits per heavy atom. The van der Waals surface area contributed by atoms with Crippen LogP contribution >= 0.6 is 0 Å². The van der Waals surface area contributed by atoms with Crippen LogP contribution in [0.4, 0.5) is 4.39 Å². The van der Waals surface area contributed by atoms with Gasteiger partial charge in [-0.3, -0.25) is 9.69 Å². The van der Waals surface area contributed by atoms with E-state index in [1.165, 1.54) is 12.1 Å². The van der Waals surface area contributed by atoms with Crippen molar-refractivity contribution in [1.29, 1.82) is 0 Å². The maximum Gasteiger partial charge on any atom is 0.287 e. The van der Waals surface area contributed by atoms with Crippen LogP contribution in [0.25, 0.3) is 0 Å². The zero-order chi connectivity index (χ0) is 21.5. The molecule has 0 bridgehead atoms. The van der Waals surface area contributed by atoms with Gasteiger partial charge in [0.2, 0.25) is 0 Å². The van der Waals surface area contributed by atoms with Gasteiger partial charge in [0.1, 0.15) is 17.3 Å². The molecule has 5 nitrogen and oxygen atoms in total. The quantitative estimate of drug-likeness (QED) is 0.409. The smallest absolute Gasteiger partial charge is 0.287 e. The fourth-order valence-electron chi connectivity index (χ4n) is 3.33. The Morgan fingerprint density at radius 2 is 1.55 bits per heavy atom. The summed E-state index contributed by atoms with van der Waals surface area (Å²) >= 11 is 0. The van der Waals surface area contributed by atoms with Crippen molar-refractivity contribution in [3.05, 3.63) is 119 Å². The molecule has 0 aliphatic rings. The first kappa shape index (κ1) is 20.6. The Labute approximate surface area is 180 Å². The Morgan fingerprint density at radius 3 is 2.26 bits per heavy atom. The highest BCUT2D eigenvalue weighted by molar-refractivity contribution is 5.91. The van der Waals surface area contributed by atoms with Crippen molar-refractivity contribution in [1.82, 2.24) is 10.2 Å². The van der Waals surface area contributed by atoms with Crippen LogP contribution in [0.3, 0.4) is 0 Å². The first-order chi connectivity index (χ1) is 15.2. The Balaban J connectivity index is 1.43. The summed E-state index contributed by atoms with van der Waals surface area (Å²) in [5.74, 6) is 1.06. The summed E-state index contributed by atoms with van der Waals surface area (Å²) in [7, 11) is 0. The van der Waals surface area contributed by atoms with Crippen molar-refractivity contribution in [3.8, 4) is 0 Å². The van der Waals surface area contributed by atoms with Crippen molar-refractivity contribution in [2.75, 3.05) is 0 Å². The van der Waals surface area contributed by atoms with Gasteiger partial charge in [0.15, 0.2) is 5.76 Å². The number of carbonyl (C=O) groups excluding carboxylic acids is 1. The van der Waals surface area contributed by atoms with E-state index in [4.69, 9.17) is 8.83 Å². The molecule has 0 fully saturated rings. The fraction of sp³-hybridized carbons (Fsp3) is 0.160. The van der Waals surface area contributed by atoms with Gasteiger partial charge in [0.25, 0.3) is 5.91 Å². The SMILES string of the molecule is O=C(NCc1ccco1)c1ccc(CN(Cc2ccccc2)Cc2ccc(F)cc2)o1. The van der Waals surface area contributed by atoms with Crippen molar-refractivity contribution >= 4 is 5.91 Å². The van der Waals surface area contributed by atoms with Gasteiger partial charge in [-0.2, -0.15) is 0 Å². The molecule has 0 saturated heterocycles. The van der Waals surface area contributed by atoms with Crippen molar-refractivity contribution in [2.45, 2.75) is 26.2 Å². The zero-order valence-corrected chi connectivity index (χ0v) is 17.0. The van der Waals surface area contributed by atoms with Crippen LogP contribution in [0.5, 0.6) is 0 Å². The normalized spacial score (nSPS) is 11.0. The number of amides is 1. The van der Waals surface area contributed by atoms with Crippen LogP contribution in [-0.4, -0.2) is 10.8 Å². The summed E-state index contributed by atoms with van der Waals surface area (Å²) in [5.41, 5.74) is 2.16. The van der Waals surface area contributed by atoms with E-state index in [9.17, 15) is 9.18 Å².